The molecule has 148 valence electrons. The van der Waals surface area contributed by atoms with E-state index >= 15 is 0 Å². The lowest BCUT2D eigenvalue weighted by atomic mass is 10.1. The van der Waals surface area contributed by atoms with Crippen molar-refractivity contribution in [1.82, 2.24) is 4.98 Å². The molecule has 7 heteroatoms. The minimum Gasteiger partial charge on any atom is -0.482 e. The highest BCUT2D eigenvalue weighted by Gasteiger charge is 2.27. The lowest BCUT2D eigenvalue weighted by molar-refractivity contribution is -0.146. The van der Waals surface area contributed by atoms with E-state index in [2.05, 4.69) is 4.98 Å². The van der Waals surface area contributed by atoms with Crippen molar-refractivity contribution in [2.45, 2.75) is 19.4 Å². The van der Waals surface area contributed by atoms with E-state index in [1.807, 2.05) is 30.3 Å². The summed E-state index contributed by atoms with van der Waals surface area (Å²) in [5.41, 5.74) is 1.96. The Morgan fingerprint density at radius 1 is 1.17 bits per heavy atom. The first-order valence-corrected chi connectivity index (χ1v) is 9.36. The molecular weight excluding hydrogens is 372 g/mol. The second kappa shape index (κ2) is 7.79. The molecule has 3 aromatic rings. The third kappa shape index (κ3) is 3.71. The van der Waals surface area contributed by atoms with Gasteiger partial charge in [0.05, 0.1) is 12.1 Å². The quantitative estimate of drug-likeness (QED) is 0.514. The summed E-state index contributed by atoms with van der Waals surface area (Å²) < 4.78 is 10.7. The number of anilines is 1. The number of fused-ring (bicyclic) bond motifs is 2. The van der Waals surface area contributed by atoms with E-state index < -0.39 is 12.1 Å². The Kier molecular flexibility index (Phi) is 5.03. The highest BCUT2D eigenvalue weighted by Crippen LogP contribution is 2.31. The Morgan fingerprint density at radius 3 is 2.79 bits per heavy atom. The number of ketones is 1. The zero-order valence-electron chi connectivity index (χ0n) is 15.9. The number of rotatable bonds is 6. The number of benzene rings is 2. The molecule has 0 saturated carbocycles. The molecule has 1 atom stereocenters. The molecule has 1 N–H and O–H groups in total. The molecule has 1 aliphatic heterocycles. The Bertz CT molecular complexity index is 1090. The Balaban J connectivity index is 1.38. The van der Waals surface area contributed by atoms with Gasteiger partial charge in [-0.05, 0) is 25.1 Å². The first kappa shape index (κ1) is 18.7. The predicted molar refractivity (Wildman–Crippen MR) is 107 cm³/mol. The van der Waals surface area contributed by atoms with Crippen LogP contribution in [0.2, 0.25) is 0 Å². The van der Waals surface area contributed by atoms with Gasteiger partial charge in [-0.1, -0.05) is 30.3 Å². The van der Waals surface area contributed by atoms with E-state index in [0.717, 1.165) is 10.9 Å². The number of carbonyl (C=O) groups is 3. The minimum absolute atomic E-state index is 0.0222. The number of nitrogens with one attached hydrogen (secondary N) is 1. The fraction of sp³-hybridized carbons (Fsp3) is 0.227. The van der Waals surface area contributed by atoms with Crippen LogP contribution < -0.4 is 9.64 Å². The fourth-order valence-electron chi connectivity index (χ4n) is 3.41. The monoisotopic (exact) mass is 392 g/mol. The summed E-state index contributed by atoms with van der Waals surface area (Å²) in [6.45, 7) is 1.64. The second-order valence-corrected chi connectivity index (χ2v) is 6.80. The van der Waals surface area contributed by atoms with Crippen LogP contribution in [0.3, 0.4) is 0 Å². The van der Waals surface area contributed by atoms with Crippen LogP contribution in [0, 0.1) is 0 Å². The van der Waals surface area contributed by atoms with Crippen LogP contribution in [0.1, 0.15) is 23.7 Å². The third-order valence-corrected chi connectivity index (χ3v) is 4.88. The summed E-state index contributed by atoms with van der Waals surface area (Å²) >= 11 is 0. The van der Waals surface area contributed by atoms with Crippen molar-refractivity contribution < 1.29 is 23.9 Å². The van der Waals surface area contributed by atoms with Gasteiger partial charge in [-0.2, -0.15) is 0 Å². The Morgan fingerprint density at radius 2 is 1.93 bits per heavy atom. The van der Waals surface area contributed by atoms with Crippen molar-refractivity contribution in [3.63, 3.8) is 0 Å². The predicted octanol–water partition coefficient (Wildman–Crippen LogP) is 3.10. The number of H-pyrrole nitrogens is 1. The van der Waals surface area contributed by atoms with Gasteiger partial charge in [0.1, 0.15) is 5.75 Å². The van der Waals surface area contributed by atoms with Crippen molar-refractivity contribution in [3.05, 3.63) is 60.3 Å². The lowest BCUT2D eigenvalue weighted by Crippen LogP contribution is -2.40. The SMILES string of the molecule is C[C@@H](OC(=O)CCN1C(=O)COc2ccccc21)C(=O)c1c[nH]c2ccccc12. The molecule has 7 nitrogen and oxygen atoms in total. The van der Waals surface area contributed by atoms with Gasteiger partial charge in [0.25, 0.3) is 5.91 Å². The Hall–Kier alpha value is -3.61. The van der Waals surface area contributed by atoms with Crippen LogP contribution in [-0.4, -0.2) is 41.9 Å². The van der Waals surface area contributed by atoms with Gasteiger partial charge in [0, 0.05) is 29.2 Å². The zero-order valence-corrected chi connectivity index (χ0v) is 15.9. The van der Waals surface area contributed by atoms with Crippen LogP contribution >= 0.6 is 0 Å². The van der Waals surface area contributed by atoms with Gasteiger partial charge >= 0.3 is 5.97 Å². The molecule has 4 rings (SSSR count). The molecule has 0 bridgehead atoms. The van der Waals surface area contributed by atoms with Crippen LogP contribution in [0.4, 0.5) is 5.69 Å². The number of ether oxygens (including phenoxy) is 2. The standard InChI is InChI=1S/C22H20N2O5/c1-14(22(27)16-12-23-17-7-3-2-6-15(16)17)29-21(26)10-11-24-18-8-4-5-9-19(18)28-13-20(24)25/h2-9,12,14,23H,10-11,13H2,1H3/t14-/m1/s1. The molecular formula is C22H20N2O5. The maximum absolute atomic E-state index is 12.7. The topological polar surface area (TPSA) is 88.7 Å². The number of Topliss-reactive ketones (excluding diaryl/α,β-unsaturated/α-hetero) is 1. The molecule has 1 aliphatic rings. The molecule has 0 aliphatic carbocycles. The largest absolute Gasteiger partial charge is 0.482 e. The summed E-state index contributed by atoms with van der Waals surface area (Å²) in [6.07, 6.45) is 0.682. The Labute approximate surface area is 167 Å². The highest BCUT2D eigenvalue weighted by molar-refractivity contribution is 6.10. The van der Waals surface area contributed by atoms with Gasteiger partial charge in [-0.3, -0.25) is 14.4 Å². The third-order valence-electron chi connectivity index (χ3n) is 4.88. The van der Waals surface area contributed by atoms with E-state index in [1.54, 1.807) is 31.3 Å². The average Bonchev–Trinajstić information content (AvgIpc) is 3.16. The number of carbonyl (C=O) groups excluding carboxylic acids is 3. The van der Waals surface area contributed by atoms with E-state index in [0.29, 0.717) is 17.0 Å². The zero-order chi connectivity index (χ0) is 20.4. The van der Waals surface area contributed by atoms with Gasteiger partial charge in [0.15, 0.2) is 12.7 Å². The molecule has 0 fully saturated rings. The van der Waals surface area contributed by atoms with Gasteiger partial charge in [0.2, 0.25) is 5.78 Å². The van der Waals surface area contributed by atoms with E-state index in [-0.39, 0.29) is 31.3 Å². The van der Waals surface area contributed by atoms with Crippen LogP contribution in [0.25, 0.3) is 10.9 Å². The fourth-order valence-corrected chi connectivity index (χ4v) is 3.41. The van der Waals surface area contributed by atoms with E-state index in [1.165, 1.54) is 4.90 Å². The van der Waals surface area contributed by atoms with E-state index in [9.17, 15) is 14.4 Å². The van der Waals surface area contributed by atoms with Gasteiger partial charge in [-0.15, -0.1) is 0 Å². The normalized spacial score (nSPS) is 14.2. The molecule has 0 radical (unpaired) electrons. The molecule has 29 heavy (non-hydrogen) atoms. The maximum atomic E-state index is 12.7. The summed E-state index contributed by atoms with van der Waals surface area (Å²) in [6, 6.07) is 14.6. The van der Waals surface area contributed by atoms with Gasteiger partial charge < -0.3 is 19.4 Å². The number of hydrogen-bond acceptors (Lipinski definition) is 5. The number of aromatic amines is 1. The summed E-state index contributed by atoms with van der Waals surface area (Å²) in [7, 11) is 0. The maximum Gasteiger partial charge on any atom is 0.308 e. The number of esters is 1. The first-order valence-electron chi connectivity index (χ1n) is 9.36. The summed E-state index contributed by atoms with van der Waals surface area (Å²) in [5, 5.41) is 0.788. The molecule has 2 heterocycles. The lowest BCUT2D eigenvalue weighted by Gasteiger charge is -2.29. The highest BCUT2D eigenvalue weighted by atomic mass is 16.5. The number of amides is 1. The van der Waals surface area contributed by atoms with Gasteiger partial charge in [-0.25, -0.2) is 0 Å². The van der Waals surface area contributed by atoms with Crippen molar-refractivity contribution in [2.24, 2.45) is 0 Å². The van der Waals surface area contributed by atoms with Crippen molar-refractivity contribution in [2.75, 3.05) is 18.1 Å². The molecule has 1 amide bonds. The number of nitrogens with zero attached hydrogens (tertiary/aromatic N) is 1. The summed E-state index contributed by atoms with van der Waals surface area (Å²) in [4.78, 5) is 41.7. The molecule has 2 aromatic carbocycles. The van der Waals surface area contributed by atoms with Crippen molar-refractivity contribution in [3.8, 4) is 5.75 Å². The van der Waals surface area contributed by atoms with Crippen LogP contribution in [0.5, 0.6) is 5.75 Å². The van der Waals surface area contributed by atoms with Crippen molar-refractivity contribution >= 4 is 34.3 Å². The smallest absolute Gasteiger partial charge is 0.308 e. The van der Waals surface area contributed by atoms with Crippen molar-refractivity contribution in [1.29, 1.82) is 0 Å². The van der Waals surface area contributed by atoms with E-state index in [4.69, 9.17) is 9.47 Å². The number of para-hydroxylation sites is 3. The minimum atomic E-state index is -0.922. The molecule has 1 aromatic heterocycles. The number of hydrogen-bond donors (Lipinski definition) is 1. The molecule has 0 spiro atoms. The summed E-state index contributed by atoms with van der Waals surface area (Å²) in [5.74, 6) is -0.436. The molecule has 0 saturated heterocycles. The first-order chi connectivity index (χ1) is 14.0. The molecule has 0 unspecified atom stereocenters. The van der Waals surface area contributed by atoms with Crippen LogP contribution in [-0.2, 0) is 14.3 Å². The second-order valence-electron chi connectivity index (χ2n) is 6.80. The average molecular weight is 392 g/mol. The number of aromatic nitrogens is 1. The van der Waals surface area contributed by atoms with Crippen LogP contribution in [0.15, 0.2) is 54.7 Å².